The van der Waals surface area contributed by atoms with Crippen molar-refractivity contribution in [3.8, 4) is 0 Å². The zero-order chi connectivity index (χ0) is 13.9. The van der Waals surface area contributed by atoms with Crippen LogP contribution in [0.4, 0.5) is 10.1 Å². The highest BCUT2D eigenvalue weighted by Crippen LogP contribution is 2.20. The fraction of sp³-hybridized carbons (Fsp3) is 0.118. The van der Waals surface area contributed by atoms with Crippen molar-refractivity contribution in [2.75, 3.05) is 5.32 Å². The lowest BCUT2D eigenvalue weighted by molar-refractivity contribution is 0.630. The molecule has 3 aromatic rings. The van der Waals surface area contributed by atoms with Gasteiger partial charge in [0.05, 0.1) is 11.2 Å². The first-order chi connectivity index (χ1) is 9.74. The van der Waals surface area contributed by atoms with Gasteiger partial charge in [-0.25, -0.2) is 4.39 Å². The second-order valence-electron chi connectivity index (χ2n) is 4.77. The van der Waals surface area contributed by atoms with Gasteiger partial charge in [-0.15, -0.1) is 0 Å². The number of fused-ring (bicyclic) bond motifs is 1. The lowest BCUT2D eigenvalue weighted by Gasteiger charge is -2.10. The number of aromatic nitrogens is 1. The molecule has 0 fully saturated rings. The van der Waals surface area contributed by atoms with Crippen LogP contribution < -0.4 is 5.32 Å². The Labute approximate surface area is 117 Å². The molecular weight excluding hydrogens is 251 g/mol. The molecule has 0 bridgehead atoms. The van der Waals surface area contributed by atoms with Gasteiger partial charge in [-0.2, -0.15) is 0 Å². The van der Waals surface area contributed by atoms with Crippen LogP contribution in [0.3, 0.4) is 0 Å². The van der Waals surface area contributed by atoms with Crippen LogP contribution in [0.1, 0.15) is 11.3 Å². The molecular formula is C17H15FN2. The lowest BCUT2D eigenvalue weighted by Crippen LogP contribution is -2.03. The van der Waals surface area contributed by atoms with Crippen LogP contribution in [0.5, 0.6) is 0 Å². The first-order valence-corrected chi connectivity index (χ1v) is 6.58. The highest BCUT2D eigenvalue weighted by atomic mass is 19.1. The van der Waals surface area contributed by atoms with E-state index in [2.05, 4.69) is 10.3 Å². The summed E-state index contributed by atoms with van der Waals surface area (Å²) in [6.07, 6.45) is 0. The van der Waals surface area contributed by atoms with Crippen molar-refractivity contribution in [3.05, 3.63) is 71.7 Å². The summed E-state index contributed by atoms with van der Waals surface area (Å²) in [5, 5.41) is 4.24. The second kappa shape index (κ2) is 5.29. The summed E-state index contributed by atoms with van der Waals surface area (Å²) in [5.41, 5.74) is 3.58. The van der Waals surface area contributed by atoms with Crippen molar-refractivity contribution >= 4 is 16.6 Å². The van der Waals surface area contributed by atoms with Gasteiger partial charge >= 0.3 is 0 Å². The lowest BCUT2D eigenvalue weighted by atomic mass is 10.1. The molecule has 0 unspecified atom stereocenters. The van der Waals surface area contributed by atoms with E-state index in [0.717, 1.165) is 22.2 Å². The van der Waals surface area contributed by atoms with Gasteiger partial charge in [0.25, 0.3) is 0 Å². The molecule has 0 radical (unpaired) electrons. The minimum atomic E-state index is -0.234. The molecule has 100 valence electrons. The number of rotatable bonds is 3. The van der Waals surface area contributed by atoms with E-state index in [1.54, 1.807) is 12.1 Å². The van der Waals surface area contributed by atoms with Crippen LogP contribution in [0.25, 0.3) is 10.9 Å². The predicted octanol–water partition coefficient (Wildman–Crippen LogP) is 4.29. The smallest absolute Gasteiger partial charge is 0.146 e. The van der Waals surface area contributed by atoms with E-state index in [1.165, 1.54) is 6.07 Å². The summed E-state index contributed by atoms with van der Waals surface area (Å²) in [5.74, 6) is -0.234. The van der Waals surface area contributed by atoms with Crippen LogP contribution in [0, 0.1) is 12.7 Å². The first kappa shape index (κ1) is 12.6. The van der Waals surface area contributed by atoms with E-state index in [1.807, 2.05) is 43.3 Å². The third-order valence-corrected chi connectivity index (χ3v) is 3.27. The van der Waals surface area contributed by atoms with Crippen molar-refractivity contribution < 1.29 is 4.39 Å². The number of nitrogens with one attached hydrogen (secondary N) is 1. The maximum Gasteiger partial charge on any atom is 0.146 e. The molecule has 2 aromatic carbocycles. The summed E-state index contributed by atoms with van der Waals surface area (Å²) in [7, 11) is 0. The number of halogens is 1. The fourth-order valence-corrected chi connectivity index (χ4v) is 2.34. The number of anilines is 1. The summed E-state index contributed by atoms with van der Waals surface area (Å²) >= 11 is 0. The molecule has 0 atom stereocenters. The average molecular weight is 266 g/mol. The zero-order valence-electron chi connectivity index (χ0n) is 11.2. The fourth-order valence-electron chi connectivity index (χ4n) is 2.34. The maximum atomic E-state index is 13.6. The van der Waals surface area contributed by atoms with E-state index in [4.69, 9.17) is 0 Å². The Bertz CT molecular complexity index is 753. The monoisotopic (exact) mass is 266 g/mol. The Balaban J connectivity index is 1.93. The van der Waals surface area contributed by atoms with E-state index in [0.29, 0.717) is 12.2 Å². The van der Waals surface area contributed by atoms with Crippen LogP contribution in [0.15, 0.2) is 54.6 Å². The third-order valence-electron chi connectivity index (χ3n) is 3.27. The van der Waals surface area contributed by atoms with Gasteiger partial charge in [-0.3, -0.25) is 4.98 Å². The SMILES string of the molecule is Cc1cc(CNc2ccccc2F)c2ccccc2n1. The summed E-state index contributed by atoms with van der Waals surface area (Å²) in [4.78, 5) is 4.51. The minimum absolute atomic E-state index is 0.234. The number of hydrogen-bond acceptors (Lipinski definition) is 2. The Kier molecular flexibility index (Phi) is 3.33. The number of para-hydroxylation sites is 2. The quantitative estimate of drug-likeness (QED) is 0.764. The molecule has 3 heteroatoms. The van der Waals surface area contributed by atoms with Gasteiger partial charge in [0.1, 0.15) is 5.82 Å². The molecule has 1 N–H and O–H groups in total. The van der Waals surface area contributed by atoms with Crippen molar-refractivity contribution in [2.45, 2.75) is 13.5 Å². The Hall–Kier alpha value is -2.42. The van der Waals surface area contributed by atoms with Gasteiger partial charge in [-0.1, -0.05) is 30.3 Å². The zero-order valence-corrected chi connectivity index (χ0v) is 11.2. The maximum absolute atomic E-state index is 13.6. The van der Waals surface area contributed by atoms with E-state index >= 15 is 0 Å². The predicted molar refractivity (Wildman–Crippen MR) is 80.2 cm³/mol. The molecule has 20 heavy (non-hydrogen) atoms. The topological polar surface area (TPSA) is 24.9 Å². The third kappa shape index (κ3) is 2.48. The number of aryl methyl sites for hydroxylation is 1. The largest absolute Gasteiger partial charge is 0.379 e. The van der Waals surface area contributed by atoms with Crippen LogP contribution >= 0.6 is 0 Å². The molecule has 0 spiro atoms. The summed E-state index contributed by atoms with van der Waals surface area (Å²) in [6, 6.07) is 16.7. The molecule has 0 saturated heterocycles. The van der Waals surface area contributed by atoms with E-state index < -0.39 is 0 Å². The van der Waals surface area contributed by atoms with Crippen LogP contribution in [-0.4, -0.2) is 4.98 Å². The average Bonchev–Trinajstić information content (AvgIpc) is 2.46. The van der Waals surface area contributed by atoms with Crippen LogP contribution in [0.2, 0.25) is 0 Å². The minimum Gasteiger partial charge on any atom is -0.379 e. The Morgan fingerprint density at radius 2 is 1.80 bits per heavy atom. The number of pyridine rings is 1. The van der Waals surface area contributed by atoms with Crippen LogP contribution in [-0.2, 0) is 6.54 Å². The molecule has 0 aliphatic rings. The normalized spacial score (nSPS) is 10.7. The Morgan fingerprint density at radius 1 is 1.05 bits per heavy atom. The van der Waals surface area contributed by atoms with Gasteiger partial charge in [0.2, 0.25) is 0 Å². The second-order valence-corrected chi connectivity index (χ2v) is 4.77. The molecule has 3 rings (SSSR count). The number of nitrogens with zero attached hydrogens (tertiary/aromatic N) is 1. The van der Waals surface area contributed by atoms with Gasteiger partial charge < -0.3 is 5.32 Å². The van der Waals surface area contributed by atoms with Crippen molar-refractivity contribution in [1.82, 2.24) is 4.98 Å². The first-order valence-electron chi connectivity index (χ1n) is 6.58. The molecule has 0 aliphatic heterocycles. The highest BCUT2D eigenvalue weighted by molar-refractivity contribution is 5.82. The molecule has 1 heterocycles. The van der Waals surface area contributed by atoms with E-state index in [-0.39, 0.29) is 5.82 Å². The molecule has 1 aromatic heterocycles. The van der Waals surface area contributed by atoms with Gasteiger partial charge in [0, 0.05) is 17.6 Å². The molecule has 2 nitrogen and oxygen atoms in total. The Morgan fingerprint density at radius 3 is 2.65 bits per heavy atom. The van der Waals surface area contributed by atoms with Gasteiger partial charge in [0.15, 0.2) is 0 Å². The van der Waals surface area contributed by atoms with Crippen molar-refractivity contribution in [2.24, 2.45) is 0 Å². The number of benzene rings is 2. The molecule has 0 amide bonds. The van der Waals surface area contributed by atoms with Crippen molar-refractivity contribution in [1.29, 1.82) is 0 Å². The number of hydrogen-bond donors (Lipinski definition) is 1. The van der Waals surface area contributed by atoms with Gasteiger partial charge in [-0.05, 0) is 36.8 Å². The summed E-state index contributed by atoms with van der Waals surface area (Å²) < 4.78 is 13.6. The standard InChI is InChI=1S/C17H15FN2/c1-12-10-13(14-6-2-4-8-16(14)20-12)11-19-17-9-5-3-7-15(17)18/h2-10,19H,11H2,1H3. The van der Waals surface area contributed by atoms with E-state index in [9.17, 15) is 4.39 Å². The molecule has 0 saturated carbocycles. The highest BCUT2D eigenvalue weighted by Gasteiger charge is 2.05. The molecule has 0 aliphatic carbocycles. The summed E-state index contributed by atoms with van der Waals surface area (Å²) in [6.45, 7) is 2.55. The van der Waals surface area contributed by atoms with Crippen molar-refractivity contribution in [3.63, 3.8) is 0 Å².